The Kier molecular flexibility index (Phi) is 3.46. The van der Waals surface area contributed by atoms with Gasteiger partial charge in [-0.2, -0.15) is 0 Å². The lowest BCUT2D eigenvalue weighted by Crippen LogP contribution is -2.25. The molecule has 10 heteroatoms. The normalized spacial score (nSPS) is 19.4. The third-order valence-corrected chi connectivity index (χ3v) is 4.26. The zero-order chi connectivity index (χ0) is 15.0. The van der Waals surface area contributed by atoms with Crippen molar-refractivity contribution in [1.29, 1.82) is 0 Å². The predicted octanol–water partition coefficient (Wildman–Crippen LogP) is 1.25. The van der Waals surface area contributed by atoms with Crippen molar-refractivity contribution in [2.45, 2.75) is 6.42 Å². The summed E-state index contributed by atoms with van der Waals surface area (Å²) in [4.78, 5) is 13.2. The molecule has 2 aromatic heterocycles. The van der Waals surface area contributed by atoms with Gasteiger partial charge in [0.1, 0.15) is 0 Å². The van der Waals surface area contributed by atoms with Crippen LogP contribution < -0.4 is 4.90 Å². The van der Waals surface area contributed by atoms with Crippen molar-refractivity contribution in [3.8, 4) is 11.7 Å². The Morgan fingerprint density at radius 1 is 1.43 bits per heavy atom. The Labute approximate surface area is 124 Å². The molecule has 0 aromatic carbocycles. The molecule has 1 atom stereocenters. The minimum atomic E-state index is -3.66. The molecule has 1 aliphatic rings. The van der Waals surface area contributed by atoms with E-state index >= 15 is 0 Å². The van der Waals surface area contributed by atoms with Gasteiger partial charge < -0.3 is 8.83 Å². The number of carbonyl (C=O) groups excluding carboxylic acids is 1. The Morgan fingerprint density at radius 2 is 2.24 bits per heavy atom. The number of rotatable bonds is 4. The van der Waals surface area contributed by atoms with Crippen molar-refractivity contribution < 1.29 is 22.0 Å². The van der Waals surface area contributed by atoms with Crippen molar-refractivity contribution >= 4 is 31.7 Å². The zero-order valence-electron chi connectivity index (χ0n) is 10.6. The number of amides is 1. The van der Waals surface area contributed by atoms with Gasteiger partial charge in [-0.3, -0.25) is 9.69 Å². The third kappa shape index (κ3) is 3.08. The summed E-state index contributed by atoms with van der Waals surface area (Å²) in [5.74, 6) is -0.402. The van der Waals surface area contributed by atoms with Gasteiger partial charge in [0.05, 0.1) is 12.0 Å². The van der Waals surface area contributed by atoms with Crippen LogP contribution in [-0.2, 0) is 13.8 Å². The number of anilines is 1. The molecule has 2 aromatic rings. The quantitative estimate of drug-likeness (QED) is 0.776. The van der Waals surface area contributed by atoms with Crippen LogP contribution in [0.5, 0.6) is 0 Å². The molecule has 1 amide bonds. The fourth-order valence-corrected chi connectivity index (χ4v) is 3.50. The standard InChI is InChI=1S/C11H10ClN3O5S/c12-21(17,18)6-7-4-9(16)15(5-7)11-14-13-10(20-11)8-2-1-3-19-8/h1-3,7H,4-6H2. The molecule has 21 heavy (non-hydrogen) atoms. The SMILES string of the molecule is O=C1CC(CS(=O)(=O)Cl)CN1c1nnc(-c2ccco2)o1. The van der Waals surface area contributed by atoms with E-state index in [1.807, 2.05) is 0 Å². The Hall–Kier alpha value is -1.87. The van der Waals surface area contributed by atoms with Crippen LogP contribution in [0.15, 0.2) is 27.2 Å². The summed E-state index contributed by atoms with van der Waals surface area (Å²) < 4.78 is 32.6. The van der Waals surface area contributed by atoms with Crippen molar-refractivity contribution in [3.05, 3.63) is 18.4 Å². The molecule has 0 saturated carbocycles. The fraction of sp³-hybridized carbons (Fsp3) is 0.364. The molecule has 0 spiro atoms. The van der Waals surface area contributed by atoms with Gasteiger partial charge >= 0.3 is 6.01 Å². The number of furan rings is 1. The largest absolute Gasteiger partial charge is 0.459 e. The summed E-state index contributed by atoms with van der Waals surface area (Å²) in [6.45, 7) is 0.171. The highest BCUT2D eigenvalue weighted by Gasteiger charge is 2.36. The van der Waals surface area contributed by atoms with Crippen molar-refractivity contribution in [1.82, 2.24) is 10.2 Å². The summed E-state index contributed by atoms with van der Waals surface area (Å²) in [6, 6.07) is 3.33. The topological polar surface area (TPSA) is 107 Å². The van der Waals surface area contributed by atoms with Crippen LogP contribution in [0.25, 0.3) is 11.7 Å². The van der Waals surface area contributed by atoms with E-state index in [4.69, 9.17) is 19.5 Å². The maximum atomic E-state index is 11.9. The van der Waals surface area contributed by atoms with Crippen LogP contribution in [0, 0.1) is 5.92 Å². The summed E-state index contributed by atoms with van der Waals surface area (Å²) in [7, 11) is 1.55. The molecule has 3 rings (SSSR count). The molecule has 3 heterocycles. The molecule has 0 bridgehead atoms. The lowest BCUT2D eigenvalue weighted by atomic mass is 10.1. The highest BCUT2D eigenvalue weighted by atomic mass is 35.7. The molecule has 1 saturated heterocycles. The average molecular weight is 332 g/mol. The number of aromatic nitrogens is 2. The Morgan fingerprint density at radius 3 is 2.90 bits per heavy atom. The van der Waals surface area contributed by atoms with Crippen LogP contribution >= 0.6 is 10.7 Å². The van der Waals surface area contributed by atoms with Gasteiger partial charge in [-0.15, -0.1) is 5.10 Å². The van der Waals surface area contributed by atoms with Gasteiger partial charge in [0.2, 0.25) is 15.0 Å². The van der Waals surface area contributed by atoms with E-state index in [-0.39, 0.29) is 42.4 Å². The second-order valence-electron chi connectivity index (χ2n) is 4.65. The molecular weight excluding hydrogens is 322 g/mol. The minimum Gasteiger partial charge on any atom is -0.459 e. The number of hydrogen-bond donors (Lipinski definition) is 0. The maximum absolute atomic E-state index is 11.9. The van der Waals surface area contributed by atoms with Crippen LogP contribution in [0.1, 0.15) is 6.42 Å². The van der Waals surface area contributed by atoms with Crippen LogP contribution in [0.3, 0.4) is 0 Å². The van der Waals surface area contributed by atoms with Crippen molar-refractivity contribution in [3.63, 3.8) is 0 Å². The van der Waals surface area contributed by atoms with E-state index < -0.39 is 9.05 Å². The predicted molar refractivity (Wildman–Crippen MR) is 72.1 cm³/mol. The second-order valence-corrected chi connectivity index (χ2v) is 7.47. The van der Waals surface area contributed by atoms with Gasteiger partial charge in [-0.1, -0.05) is 5.10 Å². The lowest BCUT2D eigenvalue weighted by Gasteiger charge is -2.10. The van der Waals surface area contributed by atoms with Crippen LogP contribution in [-0.4, -0.2) is 36.8 Å². The first-order valence-corrected chi connectivity index (χ1v) is 8.50. The Balaban J connectivity index is 1.77. The lowest BCUT2D eigenvalue weighted by molar-refractivity contribution is -0.117. The van der Waals surface area contributed by atoms with Crippen molar-refractivity contribution in [2.24, 2.45) is 5.92 Å². The molecular formula is C11H10ClN3O5S. The van der Waals surface area contributed by atoms with Crippen LogP contribution in [0.4, 0.5) is 6.01 Å². The van der Waals surface area contributed by atoms with Gasteiger partial charge in [0.15, 0.2) is 5.76 Å². The summed E-state index contributed by atoms with van der Waals surface area (Å²) >= 11 is 0. The Bertz CT molecular complexity index is 755. The zero-order valence-corrected chi connectivity index (χ0v) is 12.2. The second kappa shape index (κ2) is 5.15. The highest BCUT2D eigenvalue weighted by Crippen LogP contribution is 2.28. The summed E-state index contributed by atoms with van der Waals surface area (Å²) in [5, 5.41) is 7.57. The molecule has 8 nitrogen and oxygen atoms in total. The van der Waals surface area contributed by atoms with E-state index in [1.165, 1.54) is 11.2 Å². The number of hydrogen-bond acceptors (Lipinski definition) is 7. The molecule has 0 radical (unpaired) electrons. The average Bonchev–Trinajstić information content (AvgIpc) is 3.06. The maximum Gasteiger partial charge on any atom is 0.325 e. The van der Waals surface area contributed by atoms with E-state index in [0.717, 1.165) is 0 Å². The minimum absolute atomic E-state index is 0.0147. The number of carbonyl (C=O) groups is 1. The molecule has 1 unspecified atom stereocenters. The van der Waals surface area contributed by atoms with E-state index in [2.05, 4.69) is 10.2 Å². The number of halogens is 1. The van der Waals surface area contributed by atoms with E-state index in [0.29, 0.717) is 5.76 Å². The van der Waals surface area contributed by atoms with Gasteiger partial charge in [0, 0.05) is 29.6 Å². The third-order valence-electron chi connectivity index (χ3n) is 3.02. The van der Waals surface area contributed by atoms with Crippen LogP contribution in [0.2, 0.25) is 0 Å². The molecule has 112 valence electrons. The van der Waals surface area contributed by atoms with Gasteiger partial charge in [0.25, 0.3) is 5.89 Å². The molecule has 0 aliphatic carbocycles. The van der Waals surface area contributed by atoms with Crippen molar-refractivity contribution in [2.75, 3.05) is 17.2 Å². The summed E-state index contributed by atoms with van der Waals surface area (Å²) in [6.07, 6.45) is 1.53. The monoisotopic (exact) mass is 331 g/mol. The molecule has 1 fully saturated rings. The fourth-order valence-electron chi connectivity index (χ4n) is 2.18. The van der Waals surface area contributed by atoms with Gasteiger partial charge in [-0.25, -0.2) is 8.42 Å². The number of nitrogens with zero attached hydrogens (tertiary/aromatic N) is 3. The first-order chi connectivity index (χ1) is 9.92. The molecule has 0 N–H and O–H groups in total. The van der Waals surface area contributed by atoms with E-state index in [1.54, 1.807) is 12.1 Å². The smallest absolute Gasteiger partial charge is 0.325 e. The first kappa shape index (κ1) is 14.1. The molecule has 1 aliphatic heterocycles. The van der Waals surface area contributed by atoms with E-state index in [9.17, 15) is 13.2 Å². The first-order valence-electron chi connectivity index (χ1n) is 6.02. The van der Waals surface area contributed by atoms with Gasteiger partial charge in [-0.05, 0) is 12.1 Å². The highest BCUT2D eigenvalue weighted by molar-refractivity contribution is 8.13. The summed E-state index contributed by atoms with van der Waals surface area (Å²) in [5.41, 5.74) is 0.